The smallest absolute Gasteiger partial charge is 0.245 e. The van der Waals surface area contributed by atoms with Crippen molar-refractivity contribution in [1.29, 1.82) is 0 Å². The molecule has 0 unspecified atom stereocenters. The Morgan fingerprint density at radius 1 is 0.906 bits per heavy atom. The summed E-state index contributed by atoms with van der Waals surface area (Å²) in [5.74, 6) is 1.13. The molecule has 4 aromatic rings. The lowest BCUT2D eigenvalue weighted by Crippen LogP contribution is -2.43. The minimum Gasteiger partial charge on any atom is -0.481 e. The van der Waals surface area contributed by atoms with Crippen molar-refractivity contribution >= 4 is 17.2 Å². The summed E-state index contributed by atoms with van der Waals surface area (Å²) in [7, 11) is 3.79. The van der Waals surface area contributed by atoms with Crippen LogP contribution in [0.15, 0.2) is 60.9 Å². The normalized spacial score (nSPS) is 15.2. The number of likely N-dealkylation sites (N-methyl/N-ethyl adjacent to an activating group) is 1. The molecule has 1 N–H and O–H groups in total. The molecule has 5 rings (SSSR count). The van der Waals surface area contributed by atoms with Gasteiger partial charge in [0.2, 0.25) is 11.8 Å². The van der Waals surface area contributed by atoms with E-state index >= 15 is 0 Å². The summed E-state index contributed by atoms with van der Waals surface area (Å²) in [6.07, 6.45) is 3.60. The van der Waals surface area contributed by atoms with Crippen LogP contribution in [0, 0.1) is 0 Å². The summed E-state index contributed by atoms with van der Waals surface area (Å²) in [6.45, 7) is 5.49. The lowest BCUT2D eigenvalue weighted by atomic mass is 10.2. The Labute approximate surface area is 187 Å². The van der Waals surface area contributed by atoms with E-state index in [0.717, 1.165) is 55.2 Å². The number of nitrogens with zero attached hydrogens (tertiary/aromatic N) is 6. The quantitative estimate of drug-likeness (QED) is 0.504. The van der Waals surface area contributed by atoms with Gasteiger partial charge < -0.3 is 15.0 Å². The molecule has 164 valence electrons. The minimum atomic E-state index is 0.545. The molecule has 0 aliphatic carbocycles. The van der Waals surface area contributed by atoms with E-state index < -0.39 is 0 Å². The summed E-state index contributed by atoms with van der Waals surface area (Å²) in [5, 5.41) is 8.02. The van der Waals surface area contributed by atoms with Gasteiger partial charge in [-0.15, -0.1) is 5.10 Å². The standard InChI is InChI=1S/C24H27N7O/c1-29-11-13-30(14-12-29)17-18-3-6-20(7-4-18)27-24-26-16-21-8-9-22(31(21)28-24)19-5-10-23(32-2)25-15-19/h3-10,15-16H,11-14,17H2,1-2H3,(H,27,28). The molecule has 0 radical (unpaired) electrons. The van der Waals surface area contributed by atoms with Gasteiger partial charge in [-0.25, -0.2) is 14.5 Å². The number of methoxy groups -OCH3 is 1. The largest absolute Gasteiger partial charge is 0.481 e. The van der Waals surface area contributed by atoms with Crippen LogP contribution < -0.4 is 10.1 Å². The molecule has 1 aliphatic heterocycles. The van der Waals surface area contributed by atoms with E-state index in [0.29, 0.717) is 11.8 Å². The molecule has 1 aromatic carbocycles. The van der Waals surface area contributed by atoms with Crippen molar-refractivity contribution in [2.45, 2.75) is 6.54 Å². The highest BCUT2D eigenvalue weighted by Gasteiger charge is 2.14. The second kappa shape index (κ2) is 8.94. The number of ether oxygens (including phenoxy) is 1. The molecule has 0 amide bonds. The van der Waals surface area contributed by atoms with Gasteiger partial charge in [-0.3, -0.25) is 4.90 Å². The number of hydrogen-bond donors (Lipinski definition) is 1. The third kappa shape index (κ3) is 4.42. The molecule has 32 heavy (non-hydrogen) atoms. The molecule has 8 heteroatoms. The summed E-state index contributed by atoms with van der Waals surface area (Å²) >= 11 is 0. The molecular weight excluding hydrogens is 402 g/mol. The van der Waals surface area contributed by atoms with Crippen LogP contribution in [-0.2, 0) is 6.54 Å². The molecule has 0 bridgehead atoms. The van der Waals surface area contributed by atoms with Crippen LogP contribution in [0.3, 0.4) is 0 Å². The maximum Gasteiger partial charge on any atom is 0.245 e. The fourth-order valence-corrected chi connectivity index (χ4v) is 3.92. The highest BCUT2D eigenvalue weighted by Crippen LogP contribution is 2.23. The van der Waals surface area contributed by atoms with Crippen LogP contribution in [0.25, 0.3) is 16.8 Å². The van der Waals surface area contributed by atoms with Crippen LogP contribution >= 0.6 is 0 Å². The van der Waals surface area contributed by atoms with Gasteiger partial charge in [-0.05, 0) is 42.9 Å². The zero-order valence-corrected chi connectivity index (χ0v) is 18.4. The van der Waals surface area contributed by atoms with Gasteiger partial charge in [0.25, 0.3) is 0 Å². The fourth-order valence-electron chi connectivity index (χ4n) is 3.92. The zero-order valence-electron chi connectivity index (χ0n) is 18.4. The van der Waals surface area contributed by atoms with E-state index in [2.05, 4.69) is 56.4 Å². The molecule has 1 fully saturated rings. The van der Waals surface area contributed by atoms with Crippen molar-refractivity contribution in [3.05, 3.63) is 66.5 Å². The van der Waals surface area contributed by atoms with Gasteiger partial charge in [-0.2, -0.15) is 0 Å². The molecule has 0 saturated carbocycles. The van der Waals surface area contributed by atoms with E-state index in [1.165, 1.54) is 5.56 Å². The van der Waals surface area contributed by atoms with E-state index in [1.807, 2.05) is 35.0 Å². The summed E-state index contributed by atoms with van der Waals surface area (Å²) in [5.41, 5.74) is 5.11. The first-order valence-corrected chi connectivity index (χ1v) is 10.8. The third-order valence-electron chi connectivity index (χ3n) is 5.85. The number of aromatic nitrogens is 4. The van der Waals surface area contributed by atoms with Gasteiger partial charge in [0, 0.05) is 56.2 Å². The predicted octanol–water partition coefficient (Wildman–Crippen LogP) is 3.29. The number of rotatable bonds is 6. The number of pyridine rings is 1. The Kier molecular flexibility index (Phi) is 5.70. The average molecular weight is 430 g/mol. The van der Waals surface area contributed by atoms with Crippen molar-refractivity contribution in [2.75, 3.05) is 45.7 Å². The molecule has 0 spiro atoms. The molecule has 1 saturated heterocycles. The van der Waals surface area contributed by atoms with Crippen molar-refractivity contribution in [3.63, 3.8) is 0 Å². The number of anilines is 2. The van der Waals surface area contributed by atoms with Crippen LogP contribution in [-0.4, -0.2) is 69.7 Å². The van der Waals surface area contributed by atoms with E-state index in [1.54, 1.807) is 13.3 Å². The first-order chi connectivity index (χ1) is 15.7. The van der Waals surface area contributed by atoms with Crippen molar-refractivity contribution in [1.82, 2.24) is 29.4 Å². The van der Waals surface area contributed by atoms with Crippen molar-refractivity contribution in [2.24, 2.45) is 0 Å². The summed E-state index contributed by atoms with van der Waals surface area (Å²) in [6, 6.07) is 16.3. The summed E-state index contributed by atoms with van der Waals surface area (Å²) < 4.78 is 7.03. The van der Waals surface area contributed by atoms with Crippen LogP contribution in [0.2, 0.25) is 0 Å². The second-order valence-electron chi connectivity index (χ2n) is 8.13. The molecule has 0 atom stereocenters. The number of piperazine rings is 1. The maximum atomic E-state index is 5.16. The Hall–Kier alpha value is -3.49. The van der Waals surface area contributed by atoms with Crippen molar-refractivity contribution in [3.8, 4) is 17.1 Å². The molecule has 8 nitrogen and oxygen atoms in total. The highest BCUT2D eigenvalue weighted by atomic mass is 16.5. The summed E-state index contributed by atoms with van der Waals surface area (Å²) in [4.78, 5) is 13.6. The third-order valence-corrected chi connectivity index (χ3v) is 5.85. The number of fused-ring (bicyclic) bond motifs is 1. The van der Waals surface area contributed by atoms with Gasteiger partial charge in [-0.1, -0.05) is 12.1 Å². The Bertz CT molecular complexity index is 1180. The van der Waals surface area contributed by atoms with Gasteiger partial charge in [0.05, 0.1) is 24.5 Å². The predicted molar refractivity (Wildman–Crippen MR) is 125 cm³/mol. The topological polar surface area (TPSA) is 70.8 Å². The Morgan fingerprint density at radius 3 is 2.44 bits per heavy atom. The lowest BCUT2D eigenvalue weighted by Gasteiger charge is -2.32. The van der Waals surface area contributed by atoms with Gasteiger partial charge in [0.1, 0.15) is 0 Å². The second-order valence-corrected chi connectivity index (χ2v) is 8.13. The fraction of sp³-hybridized carbons (Fsp3) is 0.292. The minimum absolute atomic E-state index is 0.545. The maximum absolute atomic E-state index is 5.16. The SMILES string of the molecule is COc1ccc(-c2ccc3cnc(Nc4ccc(CN5CCN(C)CC5)cc4)nn23)cn1. The molecule has 1 aliphatic rings. The van der Waals surface area contributed by atoms with E-state index in [4.69, 9.17) is 9.84 Å². The van der Waals surface area contributed by atoms with Crippen LogP contribution in [0.4, 0.5) is 11.6 Å². The van der Waals surface area contributed by atoms with Gasteiger partial charge >= 0.3 is 0 Å². The number of benzene rings is 1. The Morgan fingerprint density at radius 2 is 1.72 bits per heavy atom. The number of nitrogens with one attached hydrogen (secondary N) is 1. The highest BCUT2D eigenvalue weighted by molar-refractivity contribution is 5.66. The molecule has 4 heterocycles. The molecular formula is C24H27N7O. The first-order valence-electron chi connectivity index (χ1n) is 10.8. The monoisotopic (exact) mass is 429 g/mol. The van der Waals surface area contributed by atoms with E-state index in [-0.39, 0.29) is 0 Å². The Balaban J connectivity index is 1.30. The van der Waals surface area contributed by atoms with Crippen LogP contribution in [0.5, 0.6) is 5.88 Å². The van der Waals surface area contributed by atoms with Crippen molar-refractivity contribution < 1.29 is 4.74 Å². The number of hydrogen-bond acceptors (Lipinski definition) is 7. The average Bonchev–Trinajstić information content (AvgIpc) is 3.25. The lowest BCUT2D eigenvalue weighted by molar-refractivity contribution is 0.148. The van der Waals surface area contributed by atoms with Crippen LogP contribution in [0.1, 0.15) is 5.56 Å². The van der Waals surface area contributed by atoms with E-state index in [9.17, 15) is 0 Å². The zero-order chi connectivity index (χ0) is 21.9. The molecule has 3 aromatic heterocycles. The first kappa shape index (κ1) is 20.4. The van der Waals surface area contributed by atoms with Gasteiger partial charge in [0.15, 0.2) is 0 Å².